The van der Waals surface area contributed by atoms with Gasteiger partial charge in [-0.3, -0.25) is 0 Å². The third-order valence-electron chi connectivity index (χ3n) is 2.37. The Hall–Kier alpha value is -0.700. The second-order valence-electron chi connectivity index (χ2n) is 4.31. The molecule has 0 spiro atoms. The summed E-state index contributed by atoms with van der Waals surface area (Å²) in [6.45, 7) is 3.76. The Labute approximate surface area is 114 Å². The highest BCUT2D eigenvalue weighted by molar-refractivity contribution is 7.91. The molecule has 1 aromatic heterocycles. The minimum absolute atomic E-state index is 0.0493. The number of nitrogens with zero attached hydrogens (tertiary/aromatic N) is 2. The number of hydrogen-bond donors (Lipinski definition) is 1. The number of aromatic nitrogens is 1. The van der Waals surface area contributed by atoms with Gasteiger partial charge in [-0.25, -0.2) is 18.1 Å². The lowest BCUT2D eigenvalue weighted by Gasteiger charge is -2.21. The van der Waals surface area contributed by atoms with Gasteiger partial charge in [0.2, 0.25) is 4.34 Å². The van der Waals surface area contributed by atoms with E-state index in [2.05, 4.69) is 14.9 Å². The summed E-state index contributed by atoms with van der Waals surface area (Å²) in [6.07, 6.45) is 0.591. The molecule has 18 heavy (non-hydrogen) atoms. The monoisotopic (exact) mass is 309 g/mol. The van der Waals surface area contributed by atoms with E-state index >= 15 is 0 Å². The quantitative estimate of drug-likeness (QED) is 0.916. The summed E-state index contributed by atoms with van der Waals surface area (Å²) in [4.78, 5) is 8.94. The molecule has 0 fully saturated rings. The van der Waals surface area contributed by atoms with Crippen LogP contribution in [0.3, 0.4) is 0 Å². The average Bonchev–Trinajstić information content (AvgIpc) is 2.84. The van der Waals surface area contributed by atoms with Gasteiger partial charge in [-0.05, 0) is 13.8 Å². The number of sulfonamides is 1. The van der Waals surface area contributed by atoms with Crippen LogP contribution in [0.4, 0.5) is 0 Å². The van der Waals surface area contributed by atoms with E-state index in [0.717, 1.165) is 17.0 Å². The zero-order valence-corrected chi connectivity index (χ0v) is 12.2. The van der Waals surface area contributed by atoms with Crippen molar-refractivity contribution >= 4 is 38.7 Å². The van der Waals surface area contributed by atoms with Gasteiger partial charge in [0, 0.05) is 11.8 Å². The van der Waals surface area contributed by atoms with E-state index in [9.17, 15) is 8.42 Å². The van der Waals surface area contributed by atoms with Crippen LogP contribution < -0.4 is 4.72 Å². The Morgan fingerprint density at radius 1 is 1.67 bits per heavy atom. The van der Waals surface area contributed by atoms with Crippen molar-refractivity contribution < 1.29 is 13.3 Å². The number of thiazole rings is 1. The molecule has 9 heteroatoms. The van der Waals surface area contributed by atoms with E-state index in [-0.39, 0.29) is 16.0 Å². The van der Waals surface area contributed by atoms with E-state index < -0.39 is 15.6 Å². The Morgan fingerprint density at radius 2 is 2.39 bits per heavy atom. The number of nitrogens with one attached hydrogen (secondary N) is 1. The van der Waals surface area contributed by atoms with Gasteiger partial charge >= 0.3 is 0 Å². The molecule has 1 N–H and O–H groups in total. The summed E-state index contributed by atoms with van der Waals surface area (Å²) in [5, 5.41) is 5.45. The van der Waals surface area contributed by atoms with Crippen molar-refractivity contribution in [1.82, 2.24) is 9.71 Å². The molecule has 6 nitrogen and oxygen atoms in total. The zero-order valence-electron chi connectivity index (χ0n) is 9.81. The van der Waals surface area contributed by atoms with Gasteiger partial charge in [-0.15, -0.1) is 11.3 Å². The Morgan fingerprint density at radius 3 is 2.89 bits per heavy atom. The lowest BCUT2D eigenvalue weighted by atomic mass is 10.0. The molecule has 2 rings (SSSR count). The SMILES string of the molecule is CC1=NOC(C)(CNS(=O)(=O)c2nc(Cl)cs2)C1. The van der Waals surface area contributed by atoms with E-state index in [1.54, 1.807) is 6.92 Å². The van der Waals surface area contributed by atoms with Gasteiger partial charge in [-0.2, -0.15) is 0 Å². The van der Waals surface area contributed by atoms with Crippen LogP contribution in [-0.4, -0.2) is 31.3 Å². The Bertz CT molecular complexity index is 584. The third-order valence-corrected chi connectivity index (χ3v) is 5.35. The van der Waals surface area contributed by atoms with Crippen molar-refractivity contribution in [3.8, 4) is 0 Å². The van der Waals surface area contributed by atoms with Crippen LogP contribution in [-0.2, 0) is 14.9 Å². The predicted molar refractivity (Wildman–Crippen MR) is 69.5 cm³/mol. The highest BCUT2D eigenvalue weighted by Crippen LogP contribution is 2.24. The molecule has 0 saturated carbocycles. The van der Waals surface area contributed by atoms with Gasteiger partial charge < -0.3 is 4.84 Å². The van der Waals surface area contributed by atoms with Crippen molar-refractivity contribution in [3.05, 3.63) is 10.5 Å². The summed E-state index contributed by atoms with van der Waals surface area (Å²) < 4.78 is 26.2. The Balaban J connectivity index is 2.02. The number of hydrogen-bond acceptors (Lipinski definition) is 6. The first-order valence-corrected chi connectivity index (χ1v) is 7.87. The lowest BCUT2D eigenvalue weighted by Crippen LogP contribution is -2.40. The van der Waals surface area contributed by atoms with Crippen LogP contribution in [0.25, 0.3) is 0 Å². The fourth-order valence-corrected chi connectivity index (χ4v) is 3.95. The third kappa shape index (κ3) is 3.00. The van der Waals surface area contributed by atoms with E-state index in [0.29, 0.717) is 6.42 Å². The van der Waals surface area contributed by atoms with Crippen molar-refractivity contribution in [2.75, 3.05) is 6.54 Å². The van der Waals surface area contributed by atoms with Gasteiger partial charge in [-0.1, -0.05) is 16.8 Å². The van der Waals surface area contributed by atoms with Gasteiger partial charge in [0.25, 0.3) is 10.0 Å². The minimum atomic E-state index is -3.64. The lowest BCUT2D eigenvalue weighted by molar-refractivity contribution is 0.00146. The second-order valence-corrected chi connectivity index (χ2v) is 7.49. The largest absolute Gasteiger partial charge is 0.388 e. The molecular formula is C9H12ClN3O3S2. The molecule has 1 unspecified atom stereocenters. The summed E-state index contributed by atoms with van der Waals surface area (Å²) in [5.41, 5.74) is 0.201. The van der Waals surface area contributed by atoms with E-state index in [4.69, 9.17) is 16.4 Å². The van der Waals surface area contributed by atoms with E-state index in [1.165, 1.54) is 5.38 Å². The van der Waals surface area contributed by atoms with Gasteiger partial charge in [0.15, 0.2) is 5.60 Å². The fraction of sp³-hybridized carbons (Fsp3) is 0.556. The first kappa shape index (κ1) is 13.7. The molecule has 0 radical (unpaired) electrons. The molecule has 1 aliphatic heterocycles. The molecule has 0 saturated heterocycles. The molecule has 0 amide bonds. The summed E-state index contributed by atoms with van der Waals surface area (Å²) >= 11 is 6.58. The average molecular weight is 310 g/mol. The Kier molecular flexibility index (Phi) is 3.63. The van der Waals surface area contributed by atoms with Crippen LogP contribution in [0, 0.1) is 0 Å². The first-order valence-electron chi connectivity index (χ1n) is 5.13. The molecule has 1 aromatic rings. The van der Waals surface area contributed by atoms with Crippen LogP contribution in [0.15, 0.2) is 14.9 Å². The number of halogens is 1. The minimum Gasteiger partial charge on any atom is -0.388 e. The van der Waals surface area contributed by atoms with Crippen LogP contribution in [0.2, 0.25) is 5.15 Å². The maximum Gasteiger partial charge on any atom is 0.268 e. The second kappa shape index (κ2) is 4.76. The van der Waals surface area contributed by atoms with Crippen molar-refractivity contribution in [3.63, 3.8) is 0 Å². The molecule has 1 atom stereocenters. The fourth-order valence-electron chi connectivity index (χ4n) is 1.56. The van der Waals surface area contributed by atoms with E-state index in [1.807, 2.05) is 6.92 Å². The maximum absolute atomic E-state index is 11.9. The standard InChI is InChI=1S/C9H12ClN3O3S2/c1-6-3-9(2,16-13-6)5-11-18(14,15)8-12-7(10)4-17-8/h4,11H,3,5H2,1-2H3. The zero-order chi connectivity index (χ0) is 13.4. The summed E-state index contributed by atoms with van der Waals surface area (Å²) in [7, 11) is -3.64. The van der Waals surface area contributed by atoms with Crippen molar-refractivity contribution in [1.29, 1.82) is 0 Å². The maximum atomic E-state index is 11.9. The first-order chi connectivity index (χ1) is 8.31. The number of rotatable bonds is 4. The molecule has 0 bridgehead atoms. The van der Waals surface area contributed by atoms with Crippen LogP contribution in [0.1, 0.15) is 20.3 Å². The van der Waals surface area contributed by atoms with Crippen molar-refractivity contribution in [2.45, 2.75) is 30.2 Å². The predicted octanol–water partition coefficient (Wildman–Crippen LogP) is 1.63. The van der Waals surface area contributed by atoms with Gasteiger partial charge in [0.05, 0.1) is 12.3 Å². The molecule has 0 aromatic carbocycles. The topological polar surface area (TPSA) is 80.6 Å². The number of oxime groups is 1. The molecule has 0 aliphatic carbocycles. The van der Waals surface area contributed by atoms with Crippen LogP contribution >= 0.6 is 22.9 Å². The molecule has 2 heterocycles. The van der Waals surface area contributed by atoms with Crippen molar-refractivity contribution in [2.24, 2.45) is 5.16 Å². The summed E-state index contributed by atoms with van der Waals surface area (Å²) in [6, 6.07) is 0. The van der Waals surface area contributed by atoms with Gasteiger partial charge in [0.1, 0.15) is 5.15 Å². The highest BCUT2D eigenvalue weighted by Gasteiger charge is 2.34. The molecule has 1 aliphatic rings. The molecule has 100 valence electrons. The normalized spacial score (nSPS) is 23.8. The molecular weight excluding hydrogens is 298 g/mol. The highest BCUT2D eigenvalue weighted by atomic mass is 35.5. The smallest absolute Gasteiger partial charge is 0.268 e. The summed E-state index contributed by atoms with van der Waals surface area (Å²) in [5.74, 6) is 0. The van der Waals surface area contributed by atoms with Crippen LogP contribution in [0.5, 0.6) is 0 Å².